The summed E-state index contributed by atoms with van der Waals surface area (Å²) in [5.41, 5.74) is 1.80. The van der Waals surface area contributed by atoms with Crippen molar-refractivity contribution in [2.45, 2.75) is 13.8 Å². The summed E-state index contributed by atoms with van der Waals surface area (Å²) in [4.78, 5) is 14.1. The minimum atomic E-state index is 0.553. The predicted molar refractivity (Wildman–Crippen MR) is 70.3 cm³/mol. The van der Waals surface area contributed by atoms with E-state index in [9.17, 15) is 0 Å². The van der Waals surface area contributed by atoms with Crippen molar-refractivity contribution < 1.29 is 4.42 Å². The van der Waals surface area contributed by atoms with E-state index in [2.05, 4.69) is 15.0 Å². The molecule has 0 N–H and O–H groups in total. The average molecular weight is 257 g/mol. The summed E-state index contributed by atoms with van der Waals surface area (Å²) in [7, 11) is 0. The Hall–Kier alpha value is -2.01. The monoisotopic (exact) mass is 257 g/mol. The van der Waals surface area contributed by atoms with Gasteiger partial charge in [-0.1, -0.05) is 6.07 Å². The number of hydrogen-bond donors (Lipinski definition) is 0. The average Bonchev–Trinajstić information content (AvgIpc) is 2.99. The van der Waals surface area contributed by atoms with Crippen LogP contribution in [0.15, 0.2) is 35.0 Å². The van der Waals surface area contributed by atoms with Crippen molar-refractivity contribution in [2.24, 2.45) is 0 Å². The zero-order valence-corrected chi connectivity index (χ0v) is 10.9. The normalized spacial score (nSPS) is 10.8. The molecule has 0 unspecified atom stereocenters. The maximum Gasteiger partial charge on any atom is 0.256 e. The third-order valence-electron chi connectivity index (χ3n) is 2.63. The van der Waals surface area contributed by atoms with E-state index in [1.807, 2.05) is 32.0 Å². The molecule has 0 fully saturated rings. The second-order valence-electron chi connectivity index (χ2n) is 3.91. The van der Waals surface area contributed by atoms with Gasteiger partial charge >= 0.3 is 0 Å². The highest BCUT2D eigenvalue weighted by atomic mass is 32.1. The van der Waals surface area contributed by atoms with Gasteiger partial charge in [0.15, 0.2) is 10.8 Å². The van der Waals surface area contributed by atoms with Gasteiger partial charge in [0.2, 0.25) is 0 Å². The lowest BCUT2D eigenvalue weighted by Crippen LogP contribution is -1.77. The molecule has 0 saturated heterocycles. The van der Waals surface area contributed by atoms with Crippen LogP contribution in [0.2, 0.25) is 0 Å². The van der Waals surface area contributed by atoms with E-state index in [4.69, 9.17) is 4.42 Å². The standard InChI is InChI=1S/C13H11N3OS/c1-8-9(2)18-13(16-8)12-15-7-11(17-12)10-5-3-4-6-14-10/h3-7H,1-2H3. The minimum Gasteiger partial charge on any atom is -0.432 e. The zero-order chi connectivity index (χ0) is 12.5. The number of oxazole rings is 1. The Balaban J connectivity index is 1.99. The number of nitrogens with zero attached hydrogens (tertiary/aromatic N) is 3. The molecule has 3 aromatic heterocycles. The Morgan fingerprint density at radius 1 is 1.17 bits per heavy atom. The van der Waals surface area contributed by atoms with Crippen LogP contribution in [-0.4, -0.2) is 15.0 Å². The molecule has 0 bridgehead atoms. The third-order valence-corrected chi connectivity index (χ3v) is 3.70. The van der Waals surface area contributed by atoms with Gasteiger partial charge in [-0.2, -0.15) is 0 Å². The van der Waals surface area contributed by atoms with E-state index in [1.165, 1.54) is 4.88 Å². The van der Waals surface area contributed by atoms with Crippen molar-refractivity contribution in [3.05, 3.63) is 41.2 Å². The van der Waals surface area contributed by atoms with E-state index in [-0.39, 0.29) is 0 Å². The van der Waals surface area contributed by atoms with Crippen molar-refractivity contribution in [1.82, 2.24) is 15.0 Å². The van der Waals surface area contributed by atoms with Gasteiger partial charge in [-0.15, -0.1) is 11.3 Å². The van der Waals surface area contributed by atoms with Crippen LogP contribution in [0.1, 0.15) is 10.6 Å². The molecule has 3 heterocycles. The van der Waals surface area contributed by atoms with Gasteiger partial charge in [-0.3, -0.25) is 4.98 Å². The lowest BCUT2D eigenvalue weighted by molar-refractivity contribution is 0.586. The summed E-state index contributed by atoms with van der Waals surface area (Å²) in [5, 5.41) is 0.812. The summed E-state index contributed by atoms with van der Waals surface area (Å²) in [6, 6.07) is 5.68. The molecule has 0 saturated carbocycles. The SMILES string of the molecule is Cc1nc(-c2ncc(-c3ccccn3)o2)sc1C. The largest absolute Gasteiger partial charge is 0.432 e. The van der Waals surface area contributed by atoms with Gasteiger partial charge in [0.05, 0.1) is 11.9 Å². The fourth-order valence-corrected chi connectivity index (χ4v) is 2.41. The van der Waals surface area contributed by atoms with Crippen LogP contribution in [0.5, 0.6) is 0 Å². The van der Waals surface area contributed by atoms with Crippen molar-refractivity contribution in [3.63, 3.8) is 0 Å². The summed E-state index contributed by atoms with van der Waals surface area (Å²) >= 11 is 1.59. The number of thiazole rings is 1. The van der Waals surface area contributed by atoms with Gasteiger partial charge in [0.1, 0.15) is 5.69 Å². The number of aryl methyl sites for hydroxylation is 2. The molecule has 3 rings (SSSR count). The molecular weight excluding hydrogens is 246 g/mol. The smallest absolute Gasteiger partial charge is 0.256 e. The van der Waals surface area contributed by atoms with Gasteiger partial charge in [-0.05, 0) is 26.0 Å². The van der Waals surface area contributed by atoms with Gasteiger partial charge in [0.25, 0.3) is 5.89 Å². The first-order valence-electron chi connectivity index (χ1n) is 5.55. The highest BCUT2D eigenvalue weighted by molar-refractivity contribution is 7.15. The molecule has 0 amide bonds. The molecule has 0 atom stereocenters. The summed E-state index contributed by atoms with van der Waals surface area (Å²) in [6.07, 6.45) is 3.42. The third kappa shape index (κ3) is 1.93. The Bertz CT molecular complexity index is 653. The number of hydrogen-bond acceptors (Lipinski definition) is 5. The number of rotatable bonds is 2. The lowest BCUT2D eigenvalue weighted by Gasteiger charge is -1.92. The maximum absolute atomic E-state index is 5.70. The van der Waals surface area contributed by atoms with E-state index < -0.39 is 0 Å². The molecular formula is C13H11N3OS. The molecule has 0 spiro atoms. The van der Waals surface area contributed by atoms with Crippen molar-refractivity contribution in [3.8, 4) is 22.4 Å². The molecule has 0 aromatic carbocycles. The first kappa shape index (κ1) is 11.1. The first-order chi connectivity index (χ1) is 8.74. The summed E-state index contributed by atoms with van der Waals surface area (Å²) in [5.74, 6) is 1.22. The summed E-state index contributed by atoms with van der Waals surface area (Å²) in [6.45, 7) is 4.02. The zero-order valence-electron chi connectivity index (χ0n) is 10.0. The van der Waals surface area contributed by atoms with Crippen LogP contribution < -0.4 is 0 Å². The first-order valence-corrected chi connectivity index (χ1v) is 6.37. The second-order valence-corrected chi connectivity index (χ2v) is 5.11. The predicted octanol–water partition coefficient (Wildman–Crippen LogP) is 3.48. The molecule has 18 heavy (non-hydrogen) atoms. The van der Waals surface area contributed by atoms with Gasteiger partial charge < -0.3 is 4.42 Å². The van der Waals surface area contributed by atoms with Crippen LogP contribution in [0, 0.1) is 13.8 Å². The second kappa shape index (κ2) is 4.34. The Kier molecular flexibility index (Phi) is 2.68. The number of aromatic nitrogens is 3. The quantitative estimate of drug-likeness (QED) is 0.705. The molecule has 0 aliphatic heterocycles. The van der Waals surface area contributed by atoms with Crippen LogP contribution >= 0.6 is 11.3 Å². The van der Waals surface area contributed by atoms with Crippen LogP contribution in [0.3, 0.4) is 0 Å². The van der Waals surface area contributed by atoms with Crippen molar-refractivity contribution >= 4 is 11.3 Å². The minimum absolute atomic E-state index is 0.553. The van der Waals surface area contributed by atoms with E-state index in [0.717, 1.165) is 16.4 Å². The van der Waals surface area contributed by atoms with Crippen molar-refractivity contribution in [2.75, 3.05) is 0 Å². The Labute approximate surface area is 108 Å². The molecule has 3 aromatic rings. The molecule has 90 valence electrons. The molecule has 5 heteroatoms. The van der Waals surface area contributed by atoms with E-state index >= 15 is 0 Å². The topological polar surface area (TPSA) is 51.8 Å². The summed E-state index contributed by atoms with van der Waals surface area (Å²) < 4.78 is 5.70. The molecule has 0 radical (unpaired) electrons. The Morgan fingerprint density at radius 2 is 2.06 bits per heavy atom. The fourth-order valence-electron chi connectivity index (χ4n) is 1.56. The van der Waals surface area contributed by atoms with Crippen LogP contribution in [0.25, 0.3) is 22.4 Å². The molecule has 0 aliphatic rings. The van der Waals surface area contributed by atoms with E-state index in [0.29, 0.717) is 11.7 Å². The highest BCUT2D eigenvalue weighted by Gasteiger charge is 2.13. The number of pyridine rings is 1. The lowest BCUT2D eigenvalue weighted by atomic mass is 10.3. The maximum atomic E-state index is 5.70. The molecule has 4 nitrogen and oxygen atoms in total. The highest BCUT2D eigenvalue weighted by Crippen LogP contribution is 2.29. The van der Waals surface area contributed by atoms with Crippen molar-refractivity contribution in [1.29, 1.82) is 0 Å². The molecule has 0 aliphatic carbocycles. The van der Waals surface area contributed by atoms with Crippen LogP contribution in [0.4, 0.5) is 0 Å². The van der Waals surface area contributed by atoms with E-state index in [1.54, 1.807) is 23.7 Å². The van der Waals surface area contributed by atoms with Gasteiger partial charge in [-0.25, -0.2) is 9.97 Å². The Morgan fingerprint density at radius 3 is 2.72 bits per heavy atom. The van der Waals surface area contributed by atoms with Gasteiger partial charge in [0, 0.05) is 11.1 Å². The fraction of sp³-hybridized carbons (Fsp3) is 0.154. The van der Waals surface area contributed by atoms with Crippen LogP contribution in [-0.2, 0) is 0 Å².